The lowest BCUT2D eigenvalue weighted by Crippen LogP contribution is -2.31. The maximum Gasteiger partial charge on any atom is 0.295 e. The minimum Gasteiger partial charge on any atom is -0.507 e. The van der Waals surface area contributed by atoms with Gasteiger partial charge in [-0.2, -0.15) is 0 Å². The molecule has 158 valence electrons. The third-order valence-corrected chi connectivity index (χ3v) is 5.14. The fraction of sp³-hybridized carbons (Fsp3) is 0.304. The van der Waals surface area contributed by atoms with E-state index in [1.54, 1.807) is 55.6 Å². The molecule has 7 heteroatoms. The van der Waals surface area contributed by atoms with Crippen LogP contribution in [0.15, 0.2) is 54.1 Å². The highest BCUT2D eigenvalue weighted by molar-refractivity contribution is 6.46. The number of benzene rings is 2. The minimum atomic E-state index is -0.716. The average Bonchev–Trinajstić information content (AvgIpc) is 2.99. The van der Waals surface area contributed by atoms with Crippen molar-refractivity contribution in [2.24, 2.45) is 0 Å². The molecule has 0 aliphatic carbocycles. The lowest BCUT2D eigenvalue weighted by molar-refractivity contribution is -0.140. The summed E-state index contributed by atoms with van der Waals surface area (Å²) in [5, 5.41) is 11.6. The predicted molar refractivity (Wildman–Crippen MR) is 115 cm³/mol. The standard InChI is InChI=1S/C23H24ClNO5/c1-3-30-18-7-4-6-16(14-18)21(26)19-20(15-8-10-17(24)11-9-15)25(12-5-13-29-2)23(28)22(19)27/h4,6-11,14,20,26H,3,5,12-13H2,1-2H3/b21-19+. The number of hydrogen-bond acceptors (Lipinski definition) is 5. The van der Waals surface area contributed by atoms with E-state index in [1.807, 2.05) is 6.92 Å². The second kappa shape index (κ2) is 9.78. The summed E-state index contributed by atoms with van der Waals surface area (Å²) in [4.78, 5) is 27.2. The number of ketones is 1. The van der Waals surface area contributed by atoms with Crippen molar-refractivity contribution in [2.75, 3.05) is 26.9 Å². The number of carbonyl (C=O) groups excluding carboxylic acids is 2. The first-order valence-electron chi connectivity index (χ1n) is 9.74. The van der Waals surface area contributed by atoms with Gasteiger partial charge in [0.25, 0.3) is 11.7 Å². The Hall–Kier alpha value is -2.83. The van der Waals surface area contributed by atoms with Crippen LogP contribution in [-0.2, 0) is 14.3 Å². The van der Waals surface area contributed by atoms with Crippen molar-refractivity contribution in [1.29, 1.82) is 0 Å². The maximum absolute atomic E-state index is 12.9. The Morgan fingerprint density at radius 3 is 2.57 bits per heavy atom. The monoisotopic (exact) mass is 429 g/mol. The fourth-order valence-corrected chi connectivity index (χ4v) is 3.66. The Kier molecular flexibility index (Phi) is 7.13. The molecule has 0 saturated carbocycles. The van der Waals surface area contributed by atoms with Gasteiger partial charge in [0, 0.05) is 30.8 Å². The minimum absolute atomic E-state index is 0.0494. The van der Waals surface area contributed by atoms with Crippen LogP contribution in [0, 0.1) is 0 Å². The van der Waals surface area contributed by atoms with E-state index in [-0.39, 0.29) is 11.3 Å². The number of aliphatic hydroxyl groups excluding tert-OH is 1. The number of halogens is 1. The lowest BCUT2D eigenvalue weighted by atomic mass is 9.95. The summed E-state index contributed by atoms with van der Waals surface area (Å²) < 4.78 is 10.6. The molecule has 1 N–H and O–H groups in total. The second-order valence-electron chi connectivity index (χ2n) is 6.85. The first-order chi connectivity index (χ1) is 14.5. The highest BCUT2D eigenvalue weighted by Gasteiger charge is 2.45. The molecule has 2 aromatic rings. The summed E-state index contributed by atoms with van der Waals surface area (Å²) in [5.74, 6) is -1.02. The Labute approximate surface area is 180 Å². The molecule has 30 heavy (non-hydrogen) atoms. The van der Waals surface area contributed by atoms with Crippen molar-refractivity contribution >= 4 is 29.1 Å². The molecule has 3 rings (SSSR count). The first kappa shape index (κ1) is 21.9. The topological polar surface area (TPSA) is 76.1 Å². The lowest BCUT2D eigenvalue weighted by Gasteiger charge is -2.25. The van der Waals surface area contributed by atoms with Crippen LogP contribution in [0.5, 0.6) is 5.75 Å². The van der Waals surface area contributed by atoms with E-state index >= 15 is 0 Å². The summed E-state index contributed by atoms with van der Waals surface area (Å²) in [6.45, 7) is 3.10. The van der Waals surface area contributed by atoms with Crippen LogP contribution in [-0.4, -0.2) is 48.6 Å². The summed E-state index contributed by atoms with van der Waals surface area (Å²) in [7, 11) is 1.58. The van der Waals surface area contributed by atoms with Gasteiger partial charge >= 0.3 is 0 Å². The summed E-state index contributed by atoms with van der Waals surface area (Å²) >= 11 is 6.02. The van der Waals surface area contributed by atoms with Crippen molar-refractivity contribution in [3.05, 3.63) is 70.3 Å². The molecule has 1 aliphatic rings. The van der Waals surface area contributed by atoms with Gasteiger partial charge in [0.2, 0.25) is 0 Å². The van der Waals surface area contributed by atoms with E-state index in [4.69, 9.17) is 21.1 Å². The average molecular weight is 430 g/mol. The van der Waals surface area contributed by atoms with Crippen LogP contribution in [0.2, 0.25) is 5.02 Å². The normalized spacial score (nSPS) is 18.1. The molecule has 0 aromatic heterocycles. The van der Waals surface area contributed by atoms with Gasteiger partial charge in [0.05, 0.1) is 18.2 Å². The van der Waals surface area contributed by atoms with Crippen molar-refractivity contribution < 1.29 is 24.2 Å². The van der Waals surface area contributed by atoms with Gasteiger partial charge < -0.3 is 19.5 Å². The van der Waals surface area contributed by atoms with E-state index in [1.165, 1.54) is 4.90 Å². The zero-order valence-corrected chi connectivity index (χ0v) is 17.7. The van der Waals surface area contributed by atoms with Gasteiger partial charge in [-0.15, -0.1) is 0 Å². The number of likely N-dealkylation sites (tertiary alicyclic amines) is 1. The molecule has 0 spiro atoms. The van der Waals surface area contributed by atoms with Gasteiger partial charge in [0.1, 0.15) is 11.5 Å². The van der Waals surface area contributed by atoms with Crippen molar-refractivity contribution in [2.45, 2.75) is 19.4 Å². The Morgan fingerprint density at radius 1 is 1.17 bits per heavy atom. The van der Waals surface area contributed by atoms with Crippen LogP contribution in [0.1, 0.15) is 30.5 Å². The predicted octanol–water partition coefficient (Wildman–Crippen LogP) is 4.20. The molecule has 1 heterocycles. The fourth-order valence-electron chi connectivity index (χ4n) is 3.54. The molecule has 2 aromatic carbocycles. The molecule has 0 radical (unpaired) electrons. The molecule has 1 unspecified atom stereocenters. The van der Waals surface area contributed by atoms with Crippen LogP contribution in [0.25, 0.3) is 5.76 Å². The number of Topliss-reactive ketones (excluding diaryl/α,β-unsaturated/α-hetero) is 1. The molecule has 0 bridgehead atoms. The molecule has 6 nitrogen and oxygen atoms in total. The molecule has 1 atom stereocenters. The number of methoxy groups -OCH3 is 1. The van der Waals surface area contributed by atoms with Gasteiger partial charge in [-0.1, -0.05) is 35.9 Å². The molecule has 1 aliphatic heterocycles. The van der Waals surface area contributed by atoms with Gasteiger partial charge in [-0.3, -0.25) is 9.59 Å². The third kappa shape index (κ3) is 4.50. The van der Waals surface area contributed by atoms with E-state index in [9.17, 15) is 14.7 Å². The largest absolute Gasteiger partial charge is 0.507 e. The quantitative estimate of drug-likeness (QED) is 0.294. The van der Waals surface area contributed by atoms with Crippen LogP contribution in [0.3, 0.4) is 0 Å². The molecular formula is C23H24ClNO5. The van der Waals surface area contributed by atoms with Crippen LogP contribution >= 0.6 is 11.6 Å². The van der Waals surface area contributed by atoms with E-state index in [0.29, 0.717) is 48.1 Å². The number of carbonyl (C=O) groups is 2. The van der Waals surface area contributed by atoms with Crippen molar-refractivity contribution in [3.8, 4) is 5.75 Å². The summed E-state index contributed by atoms with van der Waals surface area (Å²) in [5.41, 5.74) is 1.15. The van der Waals surface area contributed by atoms with Crippen LogP contribution < -0.4 is 4.74 Å². The van der Waals surface area contributed by atoms with Gasteiger partial charge in [-0.25, -0.2) is 0 Å². The van der Waals surface area contributed by atoms with Crippen molar-refractivity contribution in [3.63, 3.8) is 0 Å². The Morgan fingerprint density at radius 2 is 1.90 bits per heavy atom. The SMILES string of the molecule is CCOc1cccc(/C(O)=C2\C(=O)C(=O)N(CCCOC)C2c2ccc(Cl)cc2)c1. The molecular weight excluding hydrogens is 406 g/mol. The van der Waals surface area contributed by atoms with Crippen LogP contribution in [0.4, 0.5) is 0 Å². The zero-order valence-electron chi connectivity index (χ0n) is 16.9. The van der Waals surface area contributed by atoms with E-state index < -0.39 is 17.7 Å². The summed E-state index contributed by atoms with van der Waals surface area (Å²) in [6.07, 6.45) is 0.563. The Bertz CT molecular complexity index is 954. The van der Waals surface area contributed by atoms with E-state index in [0.717, 1.165) is 0 Å². The summed E-state index contributed by atoms with van der Waals surface area (Å²) in [6, 6.07) is 13.0. The highest BCUT2D eigenvalue weighted by Crippen LogP contribution is 2.40. The number of aliphatic hydroxyl groups is 1. The maximum atomic E-state index is 12.9. The highest BCUT2D eigenvalue weighted by atomic mass is 35.5. The number of nitrogens with zero attached hydrogens (tertiary/aromatic N) is 1. The van der Waals surface area contributed by atoms with Gasteiger partial charge in [0.15, 0.2) is 0 Å². The van der Waals surface area contributed by atoms with Gasteiger partial charge in [-0.05, 0) is 43.2 Å². The molecule has 1 saturated heterocycles. The van der Waals surface area contributed by atoms with Crippen molar-refractivity contribution in [1.82, 2.24) is 4.90 Å². The second-order valence-corrected chi connectivity index (χ2v) is 7.29. The smallest absolute Gasteiger partial charge is 0.295 e. The number of hydrogen-bond donors (Lipinski definition) is 1. The van der Waals surface area contributed by atoms with E-state index in [2.05, 4.69) is 0 Å². The molecule has 1 fully saturated rings. The Balaban J connectivity index is 2.10. The third-order valence-electron chi connectivity index (χ3n) is 4.89. The molecule has 1 amide bonds. The zero-order chi connectivity index (χ0) is 21.7. The first-order valence-corrected chi connectivity index (χ1v) is 10.1. The number of ether oxygens (including phenoxy) is 2. The number of rotatable bonds is 8. The number of amides is 1.